The van der Waals surface area contributed by atoms with Gasteiger partial charge in [0.15, 0.2) is 0 Å². The third kappa shape index (κ3) is 4.94. The van der Waals surface area contributed by atoms with Gasteiger partial charge in [0.25, 0.3) is 0 Å². The van der Waals surface area contributed by atoms with E-state index < -0.39 is 29.6 Å². The molecule has 0 spiro atoms. The van der Waals surface area contributed by atoms with Crippen LogP contribution in [-0.4, -0.2) is 35.2 Å². The quantitative estimate of drug-likeness (QED) is 0.322. The number of hydrogen-bond acceptors (Lipinski definition) is 5. The van der Waals surface area contributed by atoms with Crippen molar-refractivity contribution in [2.24, 2.45) is 28.6 Å². The van der Waals surface area contributed by atoms with E-state index in [4.69, 9.17) is 14.6 Å². The molecule has 180 valence electrons. The van der Waals surface area contributed by atoms with Crippen molar-refractivity contribution in [3.8, 4) is 0 Å². The second-order valence-corrected chi connectivity index (χ2v) is 10.5. The van der Waals surface area contributed by atoms with Crippen molar-refractivity contribution in [1.29, 1.82) is 0 Å². The van der Waals surface area contributed by atoms with Crippen LogP contribution in [0.25, 0.3) is 0 Å². The van der Waals surface area contributed by atoms with Crippen molar-refractivity contribution in [3.63, 3.8) is 0 Å². The SMILES string of the molecule is CC(=O)OC1C(C)C(C)(CCC(C)=CC(=O)O)C2CCC=C(C)C2(C)C1OC(=O)C(C)C. The largest absolute Gasteiger partial charge is 0.478 e. The molecule has 0 radical (unpaired) electrons. The minimum absolute atomic E-state index is 0.0713. The van der Waals surface area contributed by atoms with Crippen LogP contribution in [0, 0.1) is 28.6 Å². The fourth-order valence-electron chi connectivity index (χ4n) is 5.95. The van der Waals surface area contributed by atoms with Crippen molar-refractivity contribution < 1.29 is 29.0 Å². The van der Waals surface area contributed by atoms with Gasteiger partial charge in [0.05, 0.1) is 5.92 Å². The number of carbonyl (C=O) groups is 3. The van der Waals surface area contributed by atoms with Crippen LogP contribution in [0.5, 0.6) is 0 Å². The summed E-state index contributed by atoms with van der Waals surface area (Å²) in [6.07, 6.45) is 5.63. The predicted octanol–water partition coefficient (Wildman–Crippen LogP) is 5.32. The molecule has 0 aromatic rings. The lowest BCUT2D eigenvalue weighted by atomic mass is 9.45. The molecule has 0 aromatic carbocycles. The molecular weight excluding hydrogens is 408 g/mol. The van der Waals surface area contributed by atoms with Gasteiger partial charge in [-0.3, -0.25) is 9.59 Å². The van der Waals surface area contributed by atoms with Gasteiger partial charge in [0.2, 0.25) is 0 Å². The number of carboxylic acids is 1. The summed E-state index contributed by atoms with van der Waals surface area (Å²) in [4.78, 5) is 35.9. The number of aliphatic carboxylic acids is 1. The number of esters is 2. The highest BCUT2D eigenvalue weighted by Gasteiger charge is 2.64. The van der Waals surface area contributed by atoms with Gasteiger partial charge in [-0.15, -0.1) is 0 Å². The first kappa shape index (κ1) is 26.1. The molecule has 2 aliphatic carbocycles. The Kier molecular flexibility index (Phi) is 8.01. The molecule has 0 heterocycles. The number of carbonyl (C=O) groups excluding carboxylic acids is 2. The summed E-state index contributed by atoms with van der Waals surface area (Å²) >= 11 is 0. The molecular formula is C26H40O6. The van der Waals surface area contributed by atoms with Crippen LogP contribution in [0.3, 0.4) is 0 Å². The Hall–Kier alpha value is -2.11. The highest BCUT2D eigenvalue weighted by molar-refractivity contribution is 5.80. The molecule has 0 bridgehead atoms. The Morgan fingerprint density at radius 3 is 2.38 bits per heavy atom. The smallest absolute Gasteiger partial charge is 0.328 e. The molecule has 2 aliphatic rings. The van der Waals surface area contributed by atoms with Crippen molar-refractivity contribution in [2.75, 3.05) is 0 Å². The number of rotatable bonds is 7. The second-order valence-electron chi connectivity index (χ2n) is 10.5. The van der Waals surface area contributed by atoms with Gasteiger partial charge in [-0.25, -0.2) is 4.79 Å². The van der Waals surface area contributed by atoms with Crippen LogP contribution in [0.15, 0.2) is 23.3 Å². The van der Waals surface area contributed by atoms with Crippen LogP contribution >= 0.6 is 0 Å². The number of ether oxygens (including phenoxy) is 2. The first-order valence-corrected chi connectivity index (χ1v) is 11.7. The van der Waals surface area contributed by atoms with E-state index in [-0.39, 0.29) is 29.1 Å². The summed E-state index contributed by atoms with van der Waals surface area (Å²) in [5.41, 5.74) is 1.25. The maximum atomic E-state index is 12.7. The molecule has 1 fully saturated rings. The highest BCUT2D eigenvalue weighted by atomic mass is 16.6. The summed E-state index contributed by atoms with van der Waals surface area (Å²) in [5, 5.41) is 9.11. The normalized spacial score (nSPS) is 35.0. The van der Waals surface area contributed by atoms with E-state index in [2.05, 4.69) is 33.8 Å². The first-order valence-electron chi connectivity index (χ1n) is 11.7. The number of hydrogen-bond donors (Lipinski definition) is 1. The monoisotopic (exact) mass is 448 g/mol. The van der Waals surface area contributed by atoms with Crippen molar-refractivity contribution >= 4 is 17.9 Å². The van der Waals surface area contributed by atoms with E-state index in [9.17, 15) is 14.4 Å². The van der Waals surface area contributed by atoms with Crippen LogP contribution in [-0.2, 0) is 23.9 Å². The zero-order chi connectivity index (χ0) is 24.4. The highest BCUT2D eigenvalue weighted by Crippen LogP contribution is 2.63. The van der Waals surface area contributed by atoms with Crippen LogP contribution < -0.4 is 0 Å². The minimum Gasteiger partial charge on any atom is -0.478 e. The molecule has 6 nitrogen and oxygen atoms in total. The van der Waals surface area contributed by atoms with Crippen LogP contribution in [0.1, 0.15) is 81.1 Å². The van der Waals surface area contributed by atoms with E-state index in [1.807, 2.05) is 6.92 Å². The molecule has 0 saturated heterocycles. The average Bonchev–Trinajstić information content (AvgIpc) is 2.68. The van der Waals surface area contributed by atoms with E-state index in [1.54, 1.807) is 13.8 Å². The van der Waals surface area contributed by atoms with E-state index >= 15 is 0 Å². The van der Waals surface area contributed by atoms with Crippen molar-refractivity contribution in [2.45, 2.75) is 93.3 Å². The van der Waals surface area contributed by atoms with Crippen molar-refractivity contribution in [3.05, 3.63) is 23.3 Å². The van der Waals surface area contributed by atoms with Gasteiger partial charge in [0.1, 0.15) is 12.2 Å². The van der Waals surface area contributed by atoms with Gasteiger partial charge in [0, 0.05) is 24.3 Å². The molecule has 0 amide bonds. The van der Waals surface area contributed by atoms with E-state index in [0.717, 1.165) is 30.4 Å². The number of allylic oxidation sites excluding steroid dienone is 2. The number of fused-ring (bicyclic) bond motifs is 1. The molecule has 2 rings (SSSR count). The molecule has 0 aromatic heterocycles. The van der Waals surface area contributed by atoms with E-state index in [0.29, 0.717) is 6.42 Å². The van der Waals surface area contributed by atoms with E-state index in [1.165, 1.54) is 13.0 Å². The Labute approximate surface area is 192 Å². The Morgan fingerprint density at radius 2 is 1.84 bits per heavy atom. The minimum atomic E-state index is -0.941. The number of carboxylic acid groups (broad SMARTS) is 1. The summed E-state index contributed by atoms with van der Waals surface area (Å²) in [7, 11) is 0. The zero-order valence-electron chi connectivity index (χ0n) is 20.9. The molecule has 6 heteroatoms. The first-order chi connectivity index (χ1) is 14.7. The lowest BCUT2D eigenvalue weighted by Gasteiger charge is -2.62. The van der Waals surface area contributed by atoms with Gasteiger partial charge in [-0.1, -0.05) is 51.8 Å². The molecule has 0 aliphatic heterocycles. The molecule has 6 atom stereocenters. The summed E-state index contributed by atoms with van der Waals surface area (Å²) in [5.74, 6) is -1.78. The van der Waals surface area contributed by atoms with Gasteiger partial charge < -0.3 is 14.6 Å². The maximum absolute atomic E-state index is 12.7. The summed E-state index contributed by atoms with van der Waals surface area (Å²) in [6.45, 7) is 15.4. The van der Waals surface area contributed by atoms with Gasteiger partial charge in [-0.05, 0) is 50.9 Å². The van der Waals surface area contributed by atoms with Crippen LogP contribution in [0.2, 0.25) is 0 Å². The summed E-state index contributed by atoms with van der Waals surface area (Å²) < 4.78 is 12.0. The Balaban J connectivity index is 2.57. The van der Waals surface area contributed by atoms with Gasteiger partial charge >= 0.3 is 17.9 Å². The molecule has 6 unspecified atom stereocenters. The molecule has 32 heavy (non-hydrogen) atoms. The van der Waals surface area contributed by atoms with Crippen molar-refractivity contribution in [1.82, 2.24) is 0 Å². The second kappa shape index (κ2) is 9.80. The predicted molar refractivity (Wildman–Crippen MR) is 123 cm³/mol. The fraction of sp³-hybridized carbons (Fsp3) is 0.731. The topological polar surface area (TPSA) is 89.9 Å². The lowest BCUT2D eigenvalue weighted by molar-refractivity contribution is -0.224. The zero-order valence-corrected chi connectivity index (χ0v) is 20.9. The third-order valence-electron chi connectivity index (χ3n) is 8.14. The third-order valence-corrected chi connectivity index (χ3v) is 8.14. The van der Waals surface area contributed by atoms with Gasteiger partial charge in [-0.2, -0.15) is 0 Å². The lowest BCUT2D eigenvalue weighted by Crippen LogP contribution is -2.65. The van der Waals surface area contributed by atoms with Crippen LogP contribution in [0.4, 0.5) is 0 Å². The standard InChI is InChI=1S/C26H40O6/c1-15(2)24(30)32-23-22(31-19(6)27)18(5)25(7,13-12-16(3)14-21(28)29)20-11-9-10-17(4)26(20,23)8/h10,14-15,18,20,22-23H,9,11-13H2,1-8H3,(H,28,29). The summed E-state index contributed by atoms with van der Waals surface area (Å²) in [6, 6.07) is 0. The Bertz CT molecular complexity index is 809. The fourth-order valence-corrected chi connectivity index (χ4v) is 5.95. The average molecular weight is 449 g/mol. The molecule has 1 N–H and O–H groups in total. The Morgan fingerprint density at radius 1 is 1.22 bits per heavy atom. The maximum Gasteiger partial charge on any atom is 0.328 e. The molecule has 1 saturated carbocycles.